The lowest BCUT2D eigenvalue weighted by molar-refractivity contribution is 0.354. The molecule has 0 aliphatic carbocycles. The number of benzene rings is 1. The van der Waals surface area contributed by atoms with Gasteiger partial charge in [-0.15, -0.1) is 11.3 Å². The zero-order valence-corrected chi connectivity index (χ0v) is 17.1. The van der Waals surface area contributed by atoms with E-state index < -0.39 is 10.0 Å². The van der Waals surface area contributed by atoms with Gasteiger partial charge < -0.3 is 20.5 Å². The quantitative estimate of drug-likeness (QED) is 0.326. The van der Waals surface area contributed by atoms with Gasteiger partial charge in [0, 0.05) is 18.0 Å². The molecule has 0 radical (unpaired) electrons. The highest BCUT2D eigenvalue weighted by molar-refractivity contribution is 7.91. The van der Waals surface area contributed by atoms with Crippen LogP contribution in [0.3, 0.4) is 0 Å². The summed E-state index contributed by atoms with van der Waals surface area (Å²) in [5.41, 5.74) is 6.73. The maximum atomic E-state index is 12.1. The summed E-state index contributed by atoms with van der Waals surface area (Å²) in [5.74, 6) is 1.50. The molecule has 148 valence electrons. The number of sulfonamides is 1. The van der Waals surface area contributed by atoms with E-state index in [0.29, 0.717) is 28.8 Å². The van der Waals surface area contributed by atoms with Crippen LogP contribution in [0.4, 0.5) is 0 Å². The molecule has 0 amide bonds. The highest BCUT2D eigenvalue weighted by Gasteiger charge is 2.15. The van der Waals surface area contributed by atoms with Gasteiger partial charge in [-0.05, 0) is 36.8 Å². The Balaban J connectivity index is 1.81. The Hall–Kier alpha value is -2.30. The monoisotopic (exact) mass is 412 g/mol. The first kappa shape index (κ1) is 21.0. The molecular formula is C17H24N4O4S2. The molecule has 27 heavy (non-hydrogen) atoms. The van der Waals surface area contributed by atoms with Gasteiger partial charge in [0.2, 0.25) is 10.0 Å². The molecule has 0 saturated carbocycles. The second kappa shape index (κ2) is 9.58. The van der Waals surface area contributed by atoms with Crippen LogP contribution in [-0.2, 0) is 16.6 Å². The highest BCUT2D eigenvalue weighted by Crippen LogP contribution is 2.27. The molecule has 8 nitrogen and oxygen atoms in total. The molecule has 1 heterocycles. The Kier molecular flexibility index (Phi) is 7.45. The minimum absolute atomic E-state index is 0.200. The Morgan fingerprint density at radius 1 is 1.15 bits per heavy atom. The number of hydrogen-bond acceptors (Lipinski definition) is 6. The fourth-order valence-electron chi connectivity index (χ4n) is 2.21. The SMILES string of the molecule is COc1ccc(CN=C(N)NCCNS(=O)(=O)c2ccc(C)s2)cc1OC. The van der Waals surface area contributed by atoms with Gasteiger partial charge in [0.05, 0.1) is 20.8 Å². The second-order valence-electron chi connectivity index (χ2n) is 5.58. The number of ether oxygens (including phenoxy) is 2. The average Bonchev–Trinajstić information content (AvgIpc) is 3.10. The second-order valence-corrected chi connectivity index (χ2v) is 8.86. The molecule has 0 bridgehead atoms. The van der Waals surface area contributed by atoms with Crippen LogP contribution >= 0.6 is 11.3 Å². The van der Waals surface area contributed by atoms with Gasteiger partial charge in [-0.3, -0.25) is 0 Å². The molecule has 2 aromatic rings. The van der Waals surface area contributed by atoms with E-state index in [-0.39, 0.29) is 12.5 Å². The summed E-state index contributed by atoms with van der Waals surface area (Å²) in [4.78, 5) is 5.18. The van der Waals surface area contributed by atoms with Gasteiger partial charge in [-0.1, -0.05) is 6.07 Å². The van der Waals surface area contributed by atoms with Crippen molar-refractivity contribution in [3.05, 3.63) is 40.8 Å². The highest BCUT2D eigenvalue weighted by atomic mass is 32.2. The zero-order valence-electron chi connectivity index (χ0n) is 15.5. The number of hydrogen-bond donors (Lipinski definition) is 3. The molecule has 1 aromatic carbocycles. The predicted molar refractivity (Wildman–Crippen MR) is 107 cm³/mol. The van der Waals surface area contributed by atoms with Gasteiger partial charge in [-0.2, -0.15) is 0 Å². The van der Waals surface area contributed by atoms with Crippen molar-refractivity contribution in [2.24, 2.45) is 10.7 Å². The summed E-state index contributed by atoms with van der Waals surface area (Å²) in [6.07, 6.45) is 0. The summed E-state index contributed by atoms with van der Waals surface area (Å²) in [7, 11) is -0.341. The summed E-state index contributed by atoms with van der Waals surface area (Å²) in [6.45, 7) is 2.75. The number of nitrogens with zero attached hydrogens (tertiary/aromatic N) is 1. The molecule has 0 saturated heterocycles. The van der Waals surface area contributed by atoms with E-state index in [1.54, 1.807) is 32.4 Å². The molecule has 0 spiro atoms. The minimum atomic E-state index is -3.48. The molecule has 0 atom stereocenters. The standard InChI is InChI=1S/C17H24N4O4S2/c1-12-4-7-16(26-12)27(22,23)21-9-8-19-17(18)20-11-13-5-6-14(24-2)15(10-13)25-3/h4-7,10,21H,8-9,11H2,1-3H3,(H3,18,19,20). The number of aryl methyl sites for hydroxylation is 1. The number of aliphatic imine (C=N–C) groups is 1. The van der Waals surface area contributed by atoms with E-state index in [1.807, 2.05) is 19.1 Å². The Bertz CT molecular complexity index is 894. The summed E-state index contributed by atoms with van der Waals surface area (Å²) in [6, 6.07) is 8.86. The smallest absolute Gasteiger partial charge is 0.250 e. The molecular weight excluding hydrogens is 388 g/mol. The lowest BCUT2D eigenvalue weighted by atomic mass is 10.2. The van der Waals surface area contributed by atoms with Gasteiger partial charge in [0.1, 0.15) is 4.21 Å². The van der Waals surface area contributed by atoms with Crippen molar-refractivity contribution in [2.45, 2.75) is 17.7 Å². The lowest BCUT2D eigenvalue weighted by Crippen LogP contribution is -2.38. The van der Waals surface area contributed by atoms with Crippen molar-refractivity contribution < 1.29 is 17.9 Å². The first-order valence-electron chi connectivity index (χ1n) is 8.16. The first-order chi connectivity index (χ1) is 12.9. The third-order valence-electron chi connectivity index (χ3n) is 3.58. The largest absolute Gasteiger partial charge is 0.493 e. The Labute approximate surface area is 163 Å². The van der Waals surface area contributed by atoms with Crippen LogP contribution in [0.5, 0.6) is 11.5 Å². The lowest BCUT2D eigenvalue weighted by Gasteiger charge is -2.09. The molecule has 0 aliphatic rings. The molecule has 0 aliphatic heterocycles. The normalized spacial score (nSPS) is 12.0. The van der Waals surface area contributed by atoms with Crippen LogP contribution in [-0.4, -0.2) is 41.7 Å². The van der Waals surface area contributed by atoms with Crippen molar-refractivity contribution >= 4 is 27.3 Å². The third kappa shape index (κ3) is 6.12. The van der Waals surface area contributed by atoms with Gasteiger partial charge >= 0.3 is 0 Å². The average molecular weight is 413 g/mol. The van der Waals surface area contributed by atoms with Crippen LogP contribution < -0.4 is 25.2 Å². The van der Waals surface area contributed by atoms with Crippen LogP contribution in [0.25, 0.3) is 0 Å². The number of guanidine groups is 1. The van der Waals surface area contributed by atoms with Crippen LogP contribution in [0.15, 0.2) is 39.5 Å². The molecule has 0 fully saturated rings. The van der Waals surface area contributed by atoms with Crippen LogP contribution in [0, 0.1) is 6.92 Å². The maximum absolute atomic E-state index is 12.1. The molecule has 4 N–H and O–H groups in total. The Morgan fingerprint density at radius 3 is 2.52 bits per heavy atom. The predicted octanol–water partition coefficient (Wildman–Crippen LogP) is 1.46. The minimum Gasteiger partial charge on any atom is -0.493 e. The van der Waals surface area contributed by atoms with E-state index >= 15 is 0 Å². The zero-order chi connectivity index (χ0) is 19.9. The van der Waals surface area contributed by atoms with E-state index in [4.69, 9.17) is 15.2 Å². The Morgan fingerprint density at radius 2 is 1.89 bits per heavy atom. The summed E-state index contributed by atoms with van der Waals surface area (Å²) in [5, 5.41) is 2.88. The van der Waals surface area contributed by atoms with Crippen LogP contribution in [0.2, 0.25) is 0 Å². The first-order valence-corrected chi connectivity index (χ1v) is 10.5. The fraction of sp³-hybridized carbons (Fsp3) is 0.353. The van der Waals surface area contributed by atoms with Crippen molar-refractivity contribution in [2.75, 3.05) is 27.3 Å². The van der Waals surface area contributed by atoms with Crippen molar-refractivity contribution in [1.29, 1.82) is 0 Å². The topological polar surface area (TPSA) is 115 Å². The van der Waals surface area contributed by atoms with E-state index in [9.17, 15) is 8.42 Å². The summed E-state index contributed by atoms with van der Waals surface area (Å²) >= 11 is 1.23. The van der Waals surface area contributed by atoms with Gasteiger partial charge in [0.25, 0.3) is 0 Å². The van der Waals surface area contributed by atoms with Crippen molar-refractivity contribution in [1.82, 2.24) is 10.0 Å². The van der Waals surface area contributed by atoms with Gasteiger partial charge in [0.15, 0.2) is 17.5 Å². The number of thiophene rings is 1. The number of rotatable bonds is 9. The summed E-state index contributed by atoms with van der Waals surface area (Å²) < 4.78 is 37.5. The van der Waals surface area contributed by atoms with E-state index in [2.05, 4.69) is 15.0 Å². The maximum Gasteiger partial charge on any atom is 0.250 e. The van der Waals surface area contributed by atoms with Crippen LogP contribution in [0.1, 0.15) is 10.4 Å². The number of nitrogens with two attached hydrogens (primary N) is 1. The molecule has 1 aromatic heterocycles. The molecule has 10 heteroatoms. The van der Waals surface area contributed by atoms with Crippen molar-refractivity contribution in [3.8, 4) is 11.5 Å². The van der Waals surface area contributed by atoms with Crippen molar-refractivity contribution in [3.63, 3.8) is 0 Å². The number of methoxy groups -OCH3 is 2. The molecule has 0 unspecified atom stereocenters. The fourth-order valence-corrected chi connectivity index (χ4v) is 4.57. The third-order valence-corrected chi connectivity index (χ3v) is 6.54. The van der Waals surface area contributed by atoms with E-state index in [0.717, 1.165) is 10.4 Å². The molecule has 2 rings (SSSR count). The number of nitrogens with one attached hydrogen (secondary N) is 2. The van der Waals surface area contributed by atoms with Gasteiger partial charge in [-0.25, -0.2) is 18.1 Å². The van der Waals surface area contributed by atoms with E-state index in [1.165, 1.54) is 11.3 Å².